The summed E-state index contributed by atoms with van der Waals surface area (Å²) in [4.78, 5) is 0. The van der Waals surface area contributed by atoms with Crippen molar-refractivity contribution in [3.63, 3.8) is 0 Å². The van der Waals surface area contributed by atoms with Crippen molar-refractivity contribution in [2.45, 2.75) is 37.5 Å². The maximum absolute atomic E-state index is 6.30. The summed E-state index contributed by atoms with van der Waals surface area (Å²) >= 11 is 6.30. The van der Waals surface area contributed by atoms with Gasteiger partial charge in [0.15, 0.2) is 0 Å². The number of alkyl halides is 1. The van der Waals surface area contributed by atoms with Gasteiger partial charge in [0, 0.05) is 11.3 Å². The van der Waals surface area contributed by atoms with Gasteiger partial charge in [-0.05, 0) is 49.1 Å². The Morgan fingerprint density at radius 1 is 1.27 bits per heavy atom. The van der Waals surface area contributed by atoms with E-state index in [2.05, 4.69) is 24.3 Å². The molecule has 0 radical (unpaired) electrons. The van der Waals surface area contributed by atoms with Crippen LogP contribution in [0.3, 0.4) is 0 Å². The van der Waals surface area contributed by atoms with Crippen LogP contribution in [0, 0.1) is 5.92 Å². The minimum absolute atomic E-state index is 0.330. The molecule has 0 nitrogen and oxygen atoms in total. The fourth-order valence-corrected chi connectivity index (χ4v) is 3.76. The molecule has 0 heterocycles. The molecular formula is C14H17Cl. The highest BCUT2D eigenvalue weighted by atomic mass is 35.5. The van der Waals surface area contributed by atoms with E-state index >= 15 is 0 Å². The van der Waals surface area contributed by atoms with Crippen LogP contribution in [0.25, 0.3) is 0 Å². The summed E-state index contributed by atoms with van der Waals surface area (Å²) in [6.07, 6.45) is 6.65. The Kier molecular flexibility index (Phi) is 2.28. The zero-order chi connectivity index (χ0) is 10.3. The van der Waals surface area contributed by atoms with Crippen molar-refractivity contribution in [2.24, 2.45) is 5.92 Å². The molecule has 1 atom stereocenters. The molecule has 1 heteroatoms. The maximum atomic E-state index is 6.30. The Labute approximate surface area is 96.6 Å². The first-order valence-corrected chi connectivity index (χ1v) is 6.54. The lowest BCUT2D eigenvalue weighted by atomic mass is 9.68. The van der Waals surface area contributed by atoms with Gasteiger partial charge >= 0.3 is 0 Å². The SMILES string of the molecule is ClCC1(C2CC2)CCCc2ccccc21. The summed E-state index contributed by atoms with van der Waals surface area (Å²) in [5.41, 5.74) is 3.45. The fraction of sp³-hybridized carbons (Fsp3) is 0.571. The second-order valence-corrected chi connectivity index (χ2v) is 5.34. The molecule has 1 fully saturated rings. The molecule has 0 N–H and O–H groups in total. The molecule has 1 unspecified atom stereocenters. The zero-order valence-electron chi connectivity index (χ0n) is 9.01. The standard InChI is InChI=1S/C14H17Cl/c15-10-14(12-7-8-12)9-3-5-11-4-1-2-6-13(11)14/h1-2,4,6,12H,3,5,7-10H2. The van der Waals surface area contributed by atoms with E-state index in [9.17, 15) is 0 Å². The van der Waals surface area contributed by atoms with Gasteiger partial charge in [0.05, 0.1) is 0 Å². The molecule has 80 valence electrons. The van der Waals surface area contributed by atoms with Crippen LogP contribution in [-0.2, 0) is 11.8 Å². The van der Waals surface area contributed by atoms with Crippen LogP contribution in [0.2, 0.25) is 0 Å². The van der Waals surface area contributed by atoms with E-state index in [0.29, 0.717) is 5.41 Å². The maximum Gasteiger partial charge on any atom is 0.0323 e. The van der Waals surface area contributed by atoms with Crippen LogP contribution < -0.4 is 0 Å². The monoisotopic (exact) mass is 220 g/mol. The lowest BCUT2D eigenvalue weighted by Crippen LogP contribution is -2.35. The van der Waals surface area contributed by atoms with Crippen molar-refractivity contribution < 1.29 is 0 Å². The van der Waals surface area contributed by atoms with Crippen LogP contribution in [-0.4, -0.2) is 5.88 Å². The predicted molar refractivity (Wildman–Crippen MR) is 64.5 cm³/mol. The second-order valence-electron chi connectivity index (χ2n) is 5.07. The number of rotatable bonds is 2. The van der Waals surface area contributed by atoms with E-state index in [1.807, 2.05) is 0 Å². The van der Waals surface area contributed by atoms with Crippen molar-refractivity contribution in [2.75, 3.05) is 5.88 Å². The highest BCUT2D eigenvalue weighted by Gasteiger charge is 2.47. The lowest BCUT2D eigenvalue weighted by molar-refractivity contribution is 0.351. The largest absolute Gasteiger partial charge is 0.126 e. The molecule has 15 heavy (non-hydrogen) atoms. The molecule has 1 saturated carbocycles. The third-order valence-corrected chi connectivity index (χ3v) is 4.70. The van der Waals surface area contributed by atoms with E-state index in [1.165, 1.54) is 32.1 Å². The van der Waals surface area contributed by atoms with Gasteiger partial charge in [0.2, 0.25) is 0 Å². The Morgan fingerprint density at radius 2 is 2.07 bits per heavy atom. The topological polar surface area (TPSA) is 0 Å². The van der Waals surface area contributed by atoms with Gasteiger partial charge < -0.3 is 0 Å². The summed E-state index contributed by atoms with van der Waals surface area (Å²) in [5.74, 6) is 1.69. The number of aryl methyl sites for hydroxylation is 1. The van der Waals surface area contributed by atoms with Gasteiger partial charge in [-0.1, -0.05) is 24.3 Å². The van der Waals surface area contributed by atoms with Gasteiger partial charge in [-0.2, -0.15) is 0 Å². The lowest BCUT2D eigenvalue weighted by Gasteiger charge is -2.38. The third-order valence-electron chi connectivity index (χ3n) is 4.22. The highest BCUT2D eigenvalue weighted by molar-refractivity contribution is 6.18. The Balaban J connectivity index is 2.10. The first kappa shape index (κ1) is 9.72. The molecule has 0 spiro atoms. The summed E-state index contributed by atoms with van der Waals surface area (Å²) in [7, 11) is 0. The molecule has 0 bridgehead atoms. The third kappa shape index (κ3) is 1.42. The average molecular weight is 221 g/mol. The van der Waals surface area contributed by atoms with Crippen LogP contribution in [0.15, 0.2) is 24.3 Å². The second kappa shape index (κ2) is 3.52. The van der Waals surface area contributed by atoms with Crippen molar-refractivity contribution in [1.29, 1.82) is 0 Å². The smallest absolute Gasteiger partial charge is 0.0323 e. The van der Waals surface area contributed by atoms with Gasteiger partial charge in [-0.15, -0.1) is 11.6 Å². The number of hydrogen-bond donors (Lipinski definition) is 0. The van der Waals surface area contributed by atoms with Crippen molar-refractivity contribution in [1.82, 2.24) is 0 Å². The summed E-state index contributed by atoms with van der Waals surface area (Å²) in [6.45, 7) is 0. The van der Waals surface area contributed by atoms with Crippen molar-refractivity contribution in [3.8, 4) is 0 Å². The number of halogens is 1. The minimum Gasteiger partial charge on any atom is -0.126 e. The molecule has 2 aliphatic rings. The normalized spacial score (nSPS) is 29.9. The van der Waals surface area contributed by atoms with E-state index in [0.717, 1.165) is 11.8 Å². The summed E-state index contributed by atoms with van der Waals surface area (Å²) < 4.78 is 0. The molecule has 0 aliphatic heterocycles. The van der Waals surface area contributed by atoms with Crippen LogP contribution in [0.5, 0.6) is 0 Å². The Hall–Kier alpha value is -0.490. The van der Waals surface area contributed by atoms with Crippen LogP contribution in [0.1, 0.15) is 36.8 Å². The molecule has 0 saturated heterocycles. The summed E-state index contributed by atoms with van der Waals surface area (Å²) in [5, 5.41) is 0. The average Bonchev–Trinajstić information content (AvgIpc) is 3.12. The summed E-state index contributed by atoms with van der Waals surface area (Å²) in [6, 6.07) is 8.94. The predicted octanol–water partition coefficient (Wildman–Crippen LogP) is 3.91. The number of benzene rings is 1. The van der Waals surface area contributed by atoms with Gasteiger partial charge in [-0.3, -0.25) is 0 Å². The van der Waals surface area contributed by atoms with Crippen molar-refractivity contribution >= 4 is 11.6 Å². The fourth-order valence-electron chi connectivity index (χ4n) is 3.26. The molecule has 2 aliphatic carbocycles. The highest BCUT2D eigenvalue weighted by Crippen LogP contribution is 2.53. The van der Waals surface area contributed by atoms with Gasteiger partial charge in [0.25, 0.3) is 0 Å². The first-order valence-electron chi connectivity index (χ1n) is 6.01. The Morgan fingerprint density at radius 3 is 2.80 bits per heavy atom. The molecule has 0 amide bonds. The number of hydrogen-bond acceptors (Lipinski definition) is 0. The van der Waals surface area contributed by atoms with Gasteiger partial charge in [-0.25, -0.2) is 0 Å². The zero-order valence-corrected chi connectivity index (χ0v) is 9.76. The number of fused-ring (bicyclic) bond motifs is 1. The minimum atomic E-state index is 0.330. The quantitative estimate of drug-likeness (QED) is 0.663. The van der Waals surface area contributed by atoms with Crippen molar-refractivity contribution in [3.05, 3.63) is 35.4 Å². The van der Waals surface area contributed by atoms with E-state index in [-0.39, 0.29) is 0 Å². The van der Waals surface area contributed by atoms with Crippen LogP contribution in [0.4, 0.5) is 0 Å². The molecule has 1 aromatic rings. The first-order chi connectivity index (χ1) is 7.37. The van der Waals surface area contributed by atoms with E-state index in [1.54, 1.807) is 11.1 Å². The van der Waals surface area contributed by atoms with Gasteiger partial charge in [0.1, 0.15) is 0 Å². The van der Waals surface area contributed by atoms with Crippen LogP contribution >= 0.6 is 11.6 Å². The Bertz CT molecular complexity index is 367. The van der Waals surface area contributed by atoms with E-state index < -0.39 is 0 Å². The molecule has 3 rings (SSSR count). The van der Waals surface area contributed by atoms with E-state index in [4.69, 9.17) is 11.6 Å². The molecule has 1 aromatic carbocycles. The molecular weight excluding hydrogens is 204 g/mol. The molecule has 0 aromatic heterocycles.